The first-order valence-corrected chi connectivity index (χ1v) is 6.52. The van der Waals surface area contributed by atoms with Crippen molar-refractivity contribution in [3.05, 3.63) is 63.4 Å². The summed E-state index contributed by atoms with van der Waals surface area (Å²) in [5.74, 6) is -3.56. The van der Waals surface area contributed by atoms with E-state index in [1.54, 1.807) is 6.07 Å². The van der Waals surface area contributed by atoms with Gasteiger partial charge in [0.2, 0.25) is 0 Å². The molecule has 0 aromatic heterocycles. The Morgan fingerprint density at radius 1 is 1.10 bits per heavy atom. The van der Waals surface area contributed by atoms with E-state index in [0.717, 1.165) is 6.07 Å². The van der Waals surface area contributed by atoms with Crippen LogP contribution in [-0.2, 0) is 11.3 Å². The van der Waals surface area contributed by atoms with E-state index in [-0.39, 0.29) is 12.3 Å². The Kier molecular flexibility index (Phi) is 4.52. The molecule has 0 heterocycles. The molecule has 0 unspecified atom stereocenters. The molecule has 0 spiro atoms. The number of halogens is 4. The molecule has 21 heavy (non-hydrogen) atoms. The van der Waals surface area contributed by atoms with Gasteiger partial charge >= 0.3 is 5.97 Å². The SMILES string of the molecule is Nc1cc(C(=O)OCc2cc(F)cc(Br)c2)c(F)cc1F. The van der Waals surface area contributed by atoms with Gasteiger partial charge in [0.1, 0.15) is 24.1 Å². The number of hydrogen-bond acceptors (Lipinski definition) is 3. The van der Waals surface area contributed by atoms with Crippen LogP contribution < -0.4 is 5.73 Å². The van der Waals surface area contributed by atoms with Gasteiger partial charge in [0, 0.05) is 10.5 Å². The van der Waals surface area contributed by atoms with Gasteiger partial charge in [0.05, 0.1) is 11.3 Å². The Morgan fingerprint density at radius 2 is 1.81 bits per heavy atom. The number of nitrogens with two attached hydrogens (primary N) is 1. The molecule has 0 saturated heterocycles. The van der Waals surface area contributed by atoms with Crippen molar-refractivity contribution in [2.75, 3.05) is 5.73 Å². The van der Waals surface area contributed by atoms with Crippen molar-refractivity contribution in [1.82, 2.24) is 0 Å². The van der Waals surface area contributed by atoms with E-state index in [9.17, 15) is 18.0 Å². The maximum Gasteiger partial charge on any atom is 0.341 e. The van der Waals surface area contributed by atoms with Crippen LogP contribution in [0.2, 0.25) is 0 Å². The molecule has 0 amide bonds. The van der Waals surface area contributed by atoms with Gasteiger partial charge in [-0.2, -0.15) is 0 Å². The number of hydrogen-bond donors (Lipinski definition) is 1. The van der Waals surface area contributed by atoms with Crippen LogP contribution in [0.15, 0.2) is 34.8 Å². The smallest absolute Gasteiger partial charge is 0.341 e. The summed E-state index contributed by atoms with van der Waals surface area (Å²) in [6.45, 7) is -0.258. The highest BCUT2D eigenvalue weighted by molar-refractivity contribution is 9.10. The summed E-state index contributed by atoms with van der Waals surface area (Å²) in [4.78, 5) is 11.7. The first-order valence-electron chi connectivity index (χ1n) is 5.73. The highest BCUT2D eigenvalue weighted by atomic mass is 79.9. The van der Waals surface area contributed by atoms with E-state index >= 15 is 0 Å². The number of carbonyl (C=O) groups excluding carboxylic acids is 1. The van der Waals surface area contributed by atoms with Crippen LogP contribution in [-0.4, -0.2) is 5.97 Å². The Labute approximate surface area is 126 Å². The first-order chi connectivity index (χ1) is 9.86. The van der Waals surface area contributed by atoms with E-state index in [0.29, 0.717) is 16.1 Å². The molecule has 0 aliphatic carbocycles. The molecule has 110 valence electrons. The maximum atomic E-state index is 13.5. The average molecular weight is 360 g/mol. The standard InChI is InChI=1S/C14H9BrF3NO2/c15-8-1-7(2-9(16)3-8)6-21-14(20)10-4-13(19)12(18)5-11(10)17/h1-5H,6,19H2. The number of carbonyl (C=O) groups is 1. The maximum absolute atomic E-state index is 13.5. The third kappa shape index (κ3) is 3.75. The van der Waals surface area contributed by atoms with Crippen LogP contribution in [0.5, 0.6) is 0 Å². The zero-order valence-corrected chi connectivity index (χ0v) is 12.1. The molecule has 2 rings (SSSR count). The van der Waals surface area contributed by atoms with Crippen LogP contribution in [0.1, 0.15) is 15.9 Å². The summed E-state index contributed by atoms with van der Waals surface area (Å²) in [7, 11) is 0. The fourth-order valence-corrected chi connectivity index (χ4v) is 2.16. The second kappa shape index (κ2) is 6.17. The van der Waals surface area contributed by atoms with Gasteiger partial charge in [-0.1, -0.05) is 15.9 Å². The lowest BCUT2D eigenvalue weighted by Crippen LogP contribution is -2.09. The minimum absolute atomic E-state index is 0.258. The monoisotopic (exact) mass is 359 g/mol. The number of rotatable bonds is 3. The normalized spacial score (nSPS) is 10.5. The molecule has 7 heteroatoms. The molecule has 0 bridgehead atoms. The molecule has 0 aliphatic rings. The number of anilines is 1. The van der Waals surface area contributed by atoms with Gasteiger partial charge in [0.25, 0.3) is 0 Å². The summed E-state index contributed by atoms with van der Waals surface area (Å²) >= 11 is 3.10. The largest absolute Gasteiger partial charge is 0.457 e. The van der Waals surface area contributed by atoms with E-state index in [2.05, 4.69) is 15.9 Å². The lowest BCUT2D eigenvalue weighted by molar-refractivity contribution is 0.0467. The third-order valence-electron chi connectivity index (χ3n) is 2.60. The quantitative estimate of drug-likeness (QED) is 0.669. The second-order valence-electron chi connectivity index (χ2n) is 4.21. The molecule has 2 N–H and O–H groups in total. The van der Waals surface area contributed by atoms with Crippen molar-refractivity contribution in [3.8, 4) is 0 Å². The molecule has 0 saturated carbocycles. The van der Waals surface area contributed by atoms with Crippen molar-refractivity contribution in [1.29, 1.82) is 0 Å². The molecule has 0 atom stereocenters. The van der Waals surface area contributed by atoms with Crippen LogP contribution in [0.3, 0.4) is 0 Å². The average Bonchev–Trinajstić information content (AvgIpc) is 2.39. The predicted molar refractivity (Wildman–Crippen MR) is 74.0 cm³/mol. The zero-order chi connectivity index (χ0) is 15.6. The molecule has 2 aromatic carbocycles. The lowest BCUT2D eigenvalue weighted by Gasteiger charge is -2.07. The lowest BCUT2D eigenvalue weighted by atomic mass is 10.2. The van der Waals surface area contributed by atoms with E-state index in [1.165, 1.54) is 12.1 Å². The Hall–Kier alpha value is -2.02. The van der Waals surface area contributed by atoms with Crippen LogP contribution in [0, 0.1) is 17.5 Å². The van der Waals surface area contributed by atoms with E-state index in [1.807, 2.05) is 0 Å². The molecule has 0 fully saturated rings. The van der Waals surface area contributed by atoms with Gasteiger partial charge in [0.15, 0.2) is 0 Å². The first kappa shape index (κ1) is 15.4. The number of benzene rings is 2. The third-order valence-corrected chi connectivity index (χ3v) is 3.06. The van der Waals surface area contributed by atoms with Crippen molar-refractivity contribution in [3.63, 3.8) is 0 Å². The minimum atomic E-state index is -1.08. The van der Waals surface area contributed by atoms with Gasteiger partial charge < -0.3 is 10.5 Å². The summed E-state index contributed by atoms with van der Waals surface area (Å²) in [5, 5.41) is 0. The molecular formula is C14H9BrF3NO2. The van der Waals surface area contributed by atoms with E-state index in [4.69, 9.17) is 10.5 Å². The van der Waals surface area contributed by atoms with E-state index < -0.39 is 29.0 Å². The van der Waals surface area contributed by atoms with Gasteiger partial charge in [-0.25, -0.2) is 18.0 Å². The van der Waals surface area contributed by atoms with Crippen LogP contribution in [0.25, 0.3) is 0 Å². The summed E-state index contributed by atoms with van der Waals surface area (Å²) in [6, 6.07) is 5.32. The van der Waals surface area contributed by atoms with Gasteiger partial charge in [-0.3, -0.25) is 0 Å². The van der Waals surface area contributed by atoms with Crippen molar-refractivity contribution in [2.45, 2.75) is 6.61 Å². The molecule has 0 aliphatic heterocycles. The fourth-order valence-electron chi connectivity index (χ4n) is 1.64. The molecule has 3 nitrogen and oxygen atoms in total. The topological polar surface area (TPSA) is 52.3 Å². The zero-order valence-electron chi connectivity index (χ0n) is 10.5. The highest BCUT2D eigenvalue weighted by Gasteiger charge is 2.16. The Balaban J connectivity index is 2.13. The van der Waals surface area contributed by atoms with Crippen LogP contribution in [0.4, 0.5) is 18.9 Å². The van der Waals surface area contributed by atoms with Crippen molar-refractivity contribution in [2.24, 2.45) is 0 Å². The molecular weight excluding hydrogens is 351 g/mol. The number of ether oxygens (including phenoxy) is 1. The fraction of sp³-hybridized carbons (Fsp3) is 0.0714. The minimum Gasteiger partial charge on any atom is -0.457 e. The number of nitrogen functional groups attached to an aromatic ring is 1. The molecule has 2 aromatic rings. The van der Waals surface area contributed by atoms with Crippen molar-refractivity contribution < 1.29 is 22.7 Å². The molecule has 0 radical (unpaired) electrons. The van der Waals surface area contributed by atoms with Gasteiger partial charge in [-0.05, 0) is 29.8 Å². The predicted octanol–water partition coefficient (Wildman–Crippen LogP) is 3.81. The second-order valence-corrected chi connectivity index (χ2v) is 5.12. The summed E-state index contributed by atoms with van der Waals surface area (Å²) in [5.41, 5.74) is 4.80. The van der Waals surface area contributed by atoms with Crippen LogP contribution >= 0.6 is 15.9 Å². The number of esters is 1. The summed E-state index contributed by atoms with van der Waals surface area (Å²) < 4.78 is 45.0. The Bertz CT molecular complexity index is 687. The highest BCUT2D eigenvalue weighted by Crippen LogP contribution is 2.19. The van der Waals surface area contributed by atoms with Crippen molar-refractivity contribution >= 4 is 27.6 Å². The van der Waals surface area contributed by atoms with Gasteiger partial charge in [-0.15, -0.1) is 0 Å². The summed E-state index contributed by atoms with van der Waals surface area (Å²) in [6.07, 6.45) is 0. The Morgan fingerprint density at radius 3 is 2.48 bits per heavy atom.